The number of hydrogen-bond donors (Lipinski definition) is 2. The van der Waals surface area contributed by atoms with Gasteiger partial charge in [0.15, 0.2) is 0 Å². The van der Waals surface area contributed by atoms with E-state index in [0.29, 0.717) is 18.4 Å². The standard InChI is InChI=1S/C23H31NO5S/c1-4-18-15-29-23(24(18)30(27,28)19-13-11-16(3)12-14-19)21(20(25)5-2)22(26)17-9-7-6-8-10-17/h6-14,18,20-23,25-26H,4-5,15H2,1-3H3/t18-,20+,21+,22+,23-/m1/s1. The van der Waals surface area contributed by atoms with Gasteiger partial charge in [-0.15, -0.1) is 0 Å². The Morgan fingerprint density at radius 1 is 1.07 bits per heavy atom. The van der Waals surface area contributed by atoms with Gasteiger partial charge >= 0.3 is 0 Å². The smallest absolute Gasteiger partial charge is 0.245 e. The molecule has 2 aromatic carbocycles. The minimum atomic E-state index is -3.88. The summed E-state index contributed by atoms with van der Waals surface area (Å²) in [5, 5.41) is 21.9. The largest absolute Gasteiger partial charge is 0.393 e. The minimum Gasteiger partial charge on any atom is -0.393 e. The van der Waals surface area contributed by atoms with Crippen LogP contribution in [0.4, 0.5) is 0 Å². The Hall–Kier alpha value is -1.77. The average Bonchev–Trinajstić information content (AvgIpc) is 3.19. The third kappa shape index (κ3) is 4.45. The lowest BCUT2D eigenvalue weighted by atomic mass is 9.88. The van der Waals surface area contributed by atoms with E-state index >= 15 is 0 Å². The minimum absolute atomic E-state index is 0.181. The van der Waals surface area contributed by atoms with Gasteiger partial charge in [0, 0.05) is 0 Å². The molecule has 30 heavy (non-hydrogen) atoms. The fourth-order valence-corrected chi connectivity index (χ4v) is 5.81. The molecule has 7 heteroatoms. The monoisotopic (exact) mass is 433 g/mol. The van der Waals surface area contributed by atoms with Crippen LogP contribution in [0, 0.1) is 12.8 Å². The van der Waals surface area contributed by atoms with E-state index in [1.807, 2.05) is 19.9 Å². The van der Waals surface area contributed by atoms with Crippen molar-refractivity contribution in [2.45, 2.75) is 63.0 Å². The van der Waals surface area contributed by atoms with Crippen molar-refractivity contribution < 1.29 is 23.4 Å². The third-order valence-electron chi connectivity index (χ3n) is 5.84. The first kappa shape index (κ1) is 22.9. The van der Waals surface area contributed by atoms with Crippen LogP contribution < -0.4 is 0 Å². The molecular formula is C23H31NO5S. The predicted molar refractivity (Wildman–Crippen MR) is 115 cm³/mol. The lowest BCUT2D eigenvalue weighted by molar-refractivity contribution is -0.0932. The van der Waals surface area contributed by atoms with Gasteiger partial charge in [-0.3, -0.25) is 0 Å². The molecular weight excluding hydrogens is 402 g/mol. The Bertz CT molecular complexity index is 916. The average molecular weight is 434 g/mol. The molecule has 2 aromatic rings. The molecule has 0 aliphatic carbocycles. The van der Waals surface area contributed by atoms with Crippen LogP contribution in [0.1, 0.15) is 43.9 Å². The van der Waals surface area contributed by atoms with Gasteiger partial charge in [-0.25, -0.2) is 8.42 Å². The van der Waals surface area contributed by atoms with Crippen molar-refractivity contribution in [1.82, 2.24) is 4.31 Å². The van der Waals surface area contributed by atoms with Crippen LogP contribution in [0.15, 0.2) is 59.5 Å². The number of aliphatic hydroxyl groups is 2. The predicted octanol–water partition coefficient (Wildman–Crippen LogP) is 3.24. The molecule has 0 aromatic heterocycles. The molecule has 0 radical (unpaired) electrons. The fraction of sp³-hybridized carbons (Fsp3) is 0.478. The summed E-state index contributed by atoms with van der Waals surface area (Å²) in [6, 6.07) is 15.3. The molecule has 2 N–H and O–H groups in total. The van der Waals surface area contributed by atoms with Crippen LogP contribution in [-0.4, -0.2) is 47.9 Å². The summed E-state index contributed by atoms with van der Waals surface area (Å²) in [6.45, 7) is 5.84. The molecule has 0 spiro atoms. The van der Waals surface area contributed by atoms with Crippen molar-refractivity contribution in [3.05, 3.63) is 65.7 Å². The first-order valence-electron chi connectivity index (χ1n) is 10.4. The van der Waals surface area contributed by atoms with E-state index in [2.05, 4.69) is 0 Å². The zero-order valence-corrected chi connectivity index (χ0v) is 18.5. The maximum absolute atomic E-state index is 13.6. The van der Waals surface area contributed by atoms with Crippen LogP contribution >= 0.6 is 0 Å². The Balaban J connectivity index is 2.04. The second kappa shape index (κ2) is 9.58. The normalized spacial score (nSPS) is 23.2. The number of rotatable bonds is 8. The van der Waals surface area contributed by atoms with E-state index in [1.165, 1.54) is 4.31 Å². The molecule has 164 valence electrons. The number of hydrogen-bond acceptors (Lipinski definition) is 5. The Kier molecular flexibility index (Phi) is 7.31. The second-order valence-electron chi connectivity index (χ2n) is 7.84. The number of aliphatic hydroxyl groups excluding tert-OH is 2. The van der Waals surface area contributed by atoms with E-state index in [4.69, 9.17) is 4.74 Å². The number of benzene rings is 2. The van der Waals surface area contributed by atoms with Gasteiger partial charge in [-0.05, 0) is 37.5 Å². The molecule has 1 saturated heterocycles. The maximum Gasteiger partial charge on any atom is 0.245 e. The SMILES string of the molecule is CC[C@@H]1CO[C@H]([C@@H]([C@@H](O)CC)[C@@H](O)c2ccccc2)N1S(=O)(=O)c1ccc(C)cc1. The van der Waals surface area contributed by atoms with Crippen molar-refractivity contribution in [1.29, 1.82) is 0 Å². The maximum atomic E-state index is 13.6. The quantitative estimate of drug-likeness (QED) is 0.667. The molecule has 6 nitrogen and oxygen atoms in total. The number of nitrogens with zero attached hydrogens (tertiary/aromatic N) is 1. The molecule has 0 amide bonds. The molecule has 5 atom stereocenters. The van der Waals surface area contributed by atoms with E-state index in [-0.39, 0.29) is 17.5 Å². The van der Waals surface area contributed by atoms with Crippen molar-refractivity contribution in [3.8, 4) is 0 Å². The van der Waals surface area contributed by atoms with Gasteiger partial charge < -0.3 is 14.9 Å². The molecule has 1 aliphatic rings. The summed E-state index contributed by atoms with van der Waals surface area (Å²) >= 11 is 0. The van der Waals surface area contributed by atoms with Gasteiger partial charge in [0.25, 0.3) is 0 Å². The highest BCUT2D eigenvalue weighted by Crippen LogP contribution is 2.39. The zero-order chi connectivity index (χ0) is 21.9. The molecule has 1 fully saturated rings. The number of aryl methyl sites for hydroxylation is 1. The summed E-state index contributed by atoms with van der Waals surface area (Å²) in [7, 11) is -3.88. The summed E-state index contributed by atoms with van der Waals surface area (Å²) in [5.41, 5.74) is 1.58. The van der Waals surface area contributed by atoms with Gasteiger partial charge in [0.05, 0.1) is 35.7 Å². The molecule has 1 heterocycles. The number of sulfonamides is 1. The molecule has 0 unspecified atom stereocenters. The van der Waals surface area contributed by atoms with E-state index in [1.54, 1.807) is 55.5 Å². The summed E-state index contributed by atoms with van der Waals surface area (Å²) in [4.78, 5) is 0.181. The Labute approximate surface area is 179 Å². The molecule has 0 bridgehead atoms. The second-order valence-corrected chi connectivity index (χ2v) is 9.69. The van der Waals surface area contributed by atoms with E-state index < -0.39 is 34.4 Å². The molecule has 3 rings (SSSR count). The highest BCUT2D eigenvalue weighted by atomic mass is 32.2. The lowest BCUT2D eigenvalue weighted by Gasteiger charge is -2.37. The lowest BCUT2D eigenvalue weighted by Crippen LogP contribution is -2.49. The first-order valence-corrected chi connectivity index (χ1v) is 11.9. The van der Waals surface area contributed by atoms with Crippen LogP contribution in [-0.2, 0) is 14.8 Å². The summed E-state index contributed by atoms with van der Waals surface area (Å²) in [6.07, 6.45) is -2.04. The van der Waals surface area contributed by atoms with Crippen LogP contribution in [0.25, 0.3) is 0 Å². The van der Waals surface area contributed by atoms with Crippen molar-refractivity contribution in [2.75, 3.05) is 6.61 Å². The van der Waals surface area contributed by atoms with Crippen LogP contribution in [0.5, 0.6) is 0 Å². The molecule has 0 saturated carbocycles. The van der Waals surface area contributed by atoms with Gasteiger partial charge in [-0.2, -0.15) is 4.31 Å². The fourth-order valence-electron chi connectivity index (χ4n) is 4.01. The van der Waals surface area contributed by atoms with Crippen LogP contribution in [0.2, 0.25) is 0 Å². The topological polar surface area (TPSA) is 87.1 Å². The highest BCUT2D eigenvalue weighted by molar-refractivity contribution is 7.89. The zero-order valence-electron chi connectivity index (χ0n) is 17.7. The Morgan fingerprint density at radius 2 is 1.70 bits per heavy atom. The molecule has 1 aliphatic heterocycles. The van der Waals surface area contributed by atoms with Gasteiger partial charge in [-0.1, -0.05) is 61.9 Å². The van der Waals surface area contributed by atoms with Crippen molar-refractivity contribution in [3.63, 3.8) is 0 Å². The van der Waals surface area contributed by atoms with Crippen molar-refractivity contribution >= 4 is 10.0 Å². The van der Waals surface area contributed by atoms with Gasteiger partial charge in [0.2, 0.25) is 10.0 Å². The van der Waals surface area contributed by atoms with E-state index in [0.717, 1.165) is 5.56 Å². The third-order valence-corrected chi connectivity index (χ3v) is 7.76. The summed E-state index contributed by atoms with van der Waals surface area (Å²) in [5.74, 6) is -0.825. The number of ether oxygens (including phenoxy) is 1. The van der Waals surface area contributed by atoms with Crippen LogP contribution in [0.3, 0.4) is 0 Å². The van der Waals surface area contributed by atoms with Gasteiger partial charge in [0.1, 0.15) is 6.23 Å². The first-order chi connectivity index (χ1) is 14.3. The Morgan fingerprint density at radius 3 is 2.27 bits per heavy atom. The summed E-state index contributed by atoms with van der Waals surface area (Å²) < 4.78 is 34.5. The highest BCUT2D eigenvalue weighted by Gasteiger charge is 2.49. The van der Waals surface area contributed by atoms with E-state index in [9.17, 15) is 18.6 Å². The van der Waals surface area contributed by atoms with Crippen molar-refractivity contribution in [2.24, 2.45) is 5.92 Å².